The number of carbonyl (C=O) groups is 1. The van der Waals surface area contributed by atoms with Crippen molar-refractivity contribution < 1.29 is 4.79 Å². The summed E-state index contributed by atoms with van der Waals surface area (Å²) in [4.78, 5) is 14.8. The third-order valence-electron chi connectivity index (χ3n) is 4.68. The van der Waals surface area contributed by atoms with Crippen molar-refractivity contribution in [1.82, 2.24) is 4.90 Å². The maximum atomic E-state index is 12.8. The van der Waals surface area contributed by atoms with Gasteiger partial charge in [0.2, 0.25) is 0 Å². The Morgan fingerprint density at radius 2 is 1.92 bits per heavy atom. The number of rotatable bonds is 4. The molecular formula is C21H26N2OS. The molecule has 4 heteroatoms. The summed E-state index contributed by atoms with van der Waals surface area (Å²) in [5, 5.41) is 3.20. The number of nitrogens with zero attached hydrogens (tertiary/aromatic N) is 1. The van der Waals surface area contributed by atoms with Gasteiger partial charge in [-0.05, 0) is 35.1 Å². The predicted octanol–water partition coefficient (Wildman–Crippen LogP) is 5.65. The molecule has 1 N–H and O–H groups in total. The maximum Gasteiger partial charge on any atom is 0.323 e. The molecule has 1 fully saturated rings. The van der Waals surface area contributed by atoms with E-state index < -0.39 is 0 Å². The summed E-state index contributed by atoms with van der Waals surface area (Å²) in [7, 11) is 0. The molecule has 1 saturated heterocycles. The molecule has 0 radical (unpaired) electrons. The van der Waals surface area contributed by atoms with Gasteiger partial charge in [0.05, 0.1) is 0 Å². The lowest BCUT2D eigenvalue weighted by molar-refractivity contribution is 0.214. The van der Waals surface area contributed by atoms with Crippen LogP contribution < -0.4 is 5.32 Å². The van der Waals surface area contributed by atoms with Crippen LogP contribution in [0.1, 0.15) is 48.8 Å². The van der Waals surface area contributed by atoms with Crippen LogP contribution in [-0.4, -0.2) is 23.2 Å². The fourth-order valence-corrected chi connectivity index (χ4v) is 4.39. The van der Waals surface area contributed by atoms with Gasteiger partial charge < -0.3 is 10.2 Å². The zero-order valence-corrected chi connectivity index (χ0v) is 16.0. The Kier molecular flexibility index (Phi) is 5.69. The monoisotopic (exact) mass is 354 g/mol. The molecule has 1 aliphatic heterocycles. The smallest absolute Gasteiger partial charge is 0.308 e. The van der Waals surface area contributed by atoms with Crippen molar-refractivity contribution in [1.29, 1.82) is 0 Å². The number of benzene rings is 2. The zero-order valence-electron chi connectivity index (χ0n) is 15.2. The molecule has 0 unspecified atom stereocenters. The van der Waals surface area contributed by atoms with Gasteiger partial charge in [-0.25, -0.2) is 4.79 Å². The first-order chi connectivity index (χ1) is 12.1. The first-order valence-electron chi connectivity index (χ1n) is 8.97. The molecule has 1 aliphatic rings. The topological polar surface area (TPSA) is 32.3 Å². The van der Waals surface area contributed by atoms with E-state index in [0.29, 0.717) is 5.92 Å². The summed E-state index contributed by atoms with van der Waals surface area (Å²) < 4.78 is 0. The Labute approximate surface area is 154 Å². The summed E-state index contributed by atoms with van der Waals surface area (Å²) in [6.07, 6.45) is 0.908. The van der Waals surface area contributed by atoms with Crippen LogP contribution in [0.15, 0.2) is 48.5 Å². The first-order valence-corrected chi connectivity index (χ1v) is 10.0. The Balaban J connectivity index is 1.75. The molecule has 2 aromatic rings. The highest BCUT2D eigenvalue weighted by Gasteiger charge is 2.30. The van der Waals surface area contributed by atoms with E-state index in [-0.39, 0.29) is 11.4 Å². The van der Waals surface area contributed by atoms with Crippen molar-refractivity contribution in [3.63, 3.8) is 0 Å². The molecular weight excluding hydrogens is 328 g/mol. The highest BCUT2D eigenvalue weighted by molar-refractivity contribution is 7.99. The zero-order chi connectivity index (χ0) is 17.8. The van der Waals surface area contributed by atoms with Crippen molar-refractivity contribution in [3.05, 3.63) is 65.2 Å². The third-order valence-corrected chi connectivity index (χ3v) is 5.94. The Hall–Kier alpha value is -1.94. The second-order valence-corrected chi connectivity index (χ2v) is 7.87. The van der Waals surface area contributed by atoms with Crippen LogP contribution >= 0.6 is 11.8 Å². The first kappa shape index (κ1) is 17.9. The van der Waals surface area contributed by atoms with Gasteiger partial charge in [0.1, 0.15) is 5.37 Å². The molecule has 1 atom stereocenters. The van der Waals surface area contributed by atoms with Crippen LogP contribution in [-0.2, 0) is 6.42 Å². The lowest BCUT2D eigenvalue weighted by Crippen LogP contribution is -2.34. The van der Waals surface area contributed by atoms with E-state index >= 15 is 0 Å². The number of nitrogens with one attached hydrogen (secondary N) is 1. The highest BCUT2D eigenvalue weighted by Crippen LogP contribution is 2.38. The number of amides is 2. The molecule has 25 heavy (non-hydrogen) atoms. The maximum absolute atomic E-state index is 12.8. The second kappa shape index (κ2) is 7.96. The molecule has 132 valence electrons. The summed E-state index contributed by atoms with van der Waals surface area (Å²) in [5.41, 5.74) is 4.62. The van der Waals surface area contributed by atoms with Gasteiger partial charge >= 0.3 is 6.03 Å². The number of urea groups is 1. The molecule has 3 rings (SSSR count). The summed E-state index contributed by atoms with van der Waals surface area (Å²) in [6.45, 7) is 7.28. The van der Waals surface area contributed by atoms with E-state index in [1.54, 1.807) is 0 Å². The van der Waals surface area contributed by atoms with Crippen molar-refractivity contribution in [2.45, 2.75) is 38.5 Å². The molecule has 0 saturated carbocycles. The molecule has 0 spiro atoms. The van der Waals surface area contributed by atoms with Crippen molar-refractivity contribution in [2.75, 3.05) is 17.6 Å². The fourth-order valence-electron chi connectivity index (χ4n) is 3.14. The lowest BCUT2D eigenvalue weighted by Gasteiger charge is -2.25. The number of carbonyl (C=O) groups excluding carboxylic acids is 1. The minimum absolute atomic E-state index is 0.0103. The summed E-state index contributed by atoms with van der Waals surface area (Å²) in [6, 6.07) is 16.7. The summed E-state index contributed by atoms with van der Waals surface area (Å²) in [5.74, 6) is 1.50. The van der Waals surface area contributed by atoms with Crippen LogP contribution in [0.3, 0.4) is 0 Å². The minimum Gasteiger partial charge on any atom is -0.308 e. The molecule has 3 nitrogen and oxygen atoms in total. The van der Waals surface area contributed by atoms with Crippen LogP contribution in [0.5, 0.6) is 0 Å². The largest absolute Gasteiger partial charge is 0.323 e. The quantitative estimate of drug-likeness (QED) is 0.769. The molecule has 0 aromatic heterocycles. The molecule has 0 aliphatic carbocycles. The summed E-state index contributed by atoms with van der Waals surface area (Å²) >= 11 is 1.83. The van der Waals surface area contributed by atoms with E-state index in [4.69, 9.17) is 0 Å². The van der Waals surface area contributed by atoms with Gasteiger partial charge in [0.15, 0.2) is 0 Å². The fraction of sp³-hybridized carbons (Fsp3) is 0.381. The van der Waals surface area contributed by atoms with Crippen LogP contribution in [0.4, 0.5) is 10.5 Å². The van der Waals surface area contributed by atoms with E-state index in [1.807, 2.05) is 34.9 Å². The molecule has 1 heterocycles. The average Bonchev–Trinajstić information content (AvgIpc) is 3.12. The third kappa shape index (κ3) is 4.01. The van der Waals surface area contributed by atoms with Crippen molar-refractivity contribution in [2.24, 2.45) is 0 Å². The average molecular weight is 355 g/mol. The number of para-hydroxylation sites is 1. The lowest BCUT2D eigenvalue weighted by atomic mass is 10.0. The Bertz CT molecular complexity index is 727. The van der Waals surface area contributed by atoms with E-state index in [1.165, 1.54) is 16.7 Å². The SMILES string of the molecule is CCc1ccccc1NC(=O)N1CCS[C@H]1c1ccc(C(C)C)cc1. The Morgan fingerprint density at radius 3 is 2.60 bits per heavy atom. The highest BCUT2D eigenvalue weighted by atomic mass is 32.2. The van der Waals surface area contributed by atoms with Crippen molar-refractivity contribution >= 4 is 23.5 Å². The number of thioether (sulfide) groups is 1. The van der Waals surface area contributed by atoms with E-state index in [9.17, 15) is 4.79 Å². The van der Waals surface area contributed by atoms with E-state index in [2.05, 4.69) is 56.4 Å². The van der Waals surface area contributed by atoms with Gasteiger partial charge in [-0.2, -0.15) is 0 Å². The normalized spacial score (nSPS) is 17.1. The van der Waals surface area contributed by atoms with Crippen LogP contribution in [0.25, 0.3) is 0 Å². The van der Waals surface area contributed by atoms with Gasteiger partial charge in [0.25, 0.3) is 0 Å². The molecule has 2 amide bonds. The van der Waals surface area contributed by atoms with Crippen molar-refractivity contribution in [3.8, 4) is 0 Å². The molecule has 2 aromatic carbocycles. The molecule has 0 bridgehead atoms. The Morgan fingerprint density at radius 1 is 1.20 bits per heavy atom. The number of aryl methyl sites for hydroxylation is 1. The van der Waals surface area contributed by atoms with Gasteiger partial charge in [-0.1, -0.05) is 63.2 Å². The predicted molar refractivity (Wildman–Crippen MR) is 107 cm³/mol. The number of hydrogen-bond donors (Lipinski definition) is 1. The number of hydrogen-bond acceptors (Lipinski definition) is 2. The van der Waals surface area contributed by atoms with Crippen LogP contribution in [0, 0.1) is 0 Å². The van der Waals surface area contributed by atoms with Crippen LogP contribution in [0.2, 0.25) is 0 Å². The van der Waals surface area contributed by atoms with Gasteiger partial charge in [-0.3, -0.25) is 0 Å². The van der Waals surface area contributed by atoms with E-state index in [0.717, 1.165) is 24.4 Å². The second-order valence-electron chi connectivity index (χ2n) is 6.68. The van der Waals surface area contributed by atoms with Gasteiger partial charge in [-0.15, -0.1) is 11.8 Å². The minimum atomic E-state index is -0.0103. The standard InChI is InChI=1S/C21H26N2OS/c1-4-16-7-5-6-8-19(16)22-21(24)23-13-14-25-20(23)18-11-9-17(10-12-18)15(2)3/h5-12,15,20H,4,13-14H2,1-3H3,(H,22,24)/t20-/m0/s1. The number of anilines is 1. The van der Waals surface area contributed by atoms with Gasteiger partial charge in [0, 0.05) is 18.0 Å².